The smallest absolute Gasteiger partial charge is 0.330 e. The zero-order valence-corrected chi connectivity index (χ0v) is 2.98. The molecular weight excluding hydrogens is 95.5 g/mol. The van der Waals surface area contributed by atoms with Gasteiger partial charge in [-0.2, -0.15) is 0 Å². The molecule has 0 aliphatic heterocycles. The Labute approximate surface area is 33.4 Å². The zero-order chi connectivity index (χ0) is 4.50. The van der Waals surface area contributed by atoms with E-state index in [9.17, 15) is 0 Å². The molecule has 0 bridgehead atoms. The summed E-state index contributed by atoms with van der Waals surface area (Å²) in [5, 5.41) is 22.2. The molecule has 0 atom stereocenters. The van der Waals surface area contributed by atoms with Gasteiger partial charge in [-0.25, -0.2) is 0 Å². The molecule has 0 aliphatic carbocycles. The topological polar surface area (TPSA) is 60.7 Å². The highest BCUT2D eigenvalue weighted by Crippen LogP contribution is 1.94. The van der Waals surface area contributed by atoms with Crippen LogP contribution in [0.1, 0.15) is 0 Å². The van der Waals surface area contributed by atoms with Gasteiger partial charge < -0.3 is 15.3 Å². The standard InChI is InChI=1S/CH3ClO3/c2-1(3,4)5/h3-5H. The van der Waals surface area contributed by atoms with Gasteiger partial charge in [-0.3, -0.25) is 0 Å². The van der Waals surface area contributed by atoms with Crippen molar-refractivity contribution in [2.24, 2.45) is 0 Å². The quantitative estimate of drug-likeness (QED) is 0.264. The van der Waals surface area contributed by atoms with Crippen LogP contribution in [0, 0.1) is 0 Å². The minimum Gasteiger partial charge on any atom is -0.330 e. The third kappa shape index (κ3) is 679. The summed E-state index contributed by atoms with van der Waals surface area (Å²) in [6.07, 6.45) is 0. The number of halogens is 1. The van der Waals surface area contributed by atoms with Crippen molar-refractivity contribution in [2.75, 3.05) is 0 Å². The van der Waals surface area contributed by atoms with Gasteiger partial charge in [0.25, 0.3) is 0 Å². The maximum Gasteiger partial charge on any atom is 0.362 e. The van der Waals surface area contributed by atoms with E-state index in [0.717, 1.165) is 0 Å². The third-order valence-electron chi connectivity index (χ3n) is 0. The van der Waals surface area contributed by atoms with E-state index in [0.29, 0.717) is 0 Å². The molecule has 3 N–H and O–H groups in total. The number of aliphatic hydroxyl groups is 3. The molecule has 5 heavy (non-hydrogen) atoms. The molecule has 0 rings (SSSR count). The fourth-order valence-electron chi connectivity index (χ4n) is 0. The van der Waals surface area contributed by atoms with Crippen LogP contribution in [0.25, 0.3) is 0 Å². The van der Waals surface area contributed by atoms with E-state index in [-0.39, 0.29) is 0 Å². The van der Waals surface area contributed by atoms with Crippen LogP contribution in [0.15, 0.2) is 0 Å². The van der Waals surface area contributed by atoms with Crippen LogP contribution in [0.2, 0.25) is 0 Å². The van der Waals surface area contributed by atoms with Crippen LogP contribution >= 0.6 is 11.6 Å². The Morgan fingerprint density at radius 1 is 1.20 bits per heavy atom. The van der Waals surface area contributed by atoms with Crippen LogP contribution in [0.3, 0.4) is 0 Å². The maximum absolute atomic E-state index is 7.40. The molecule has 0 aliphatic rings. The first-order valence-corrected chi connectivity index (χ1v) is 1.24. The Kier molecular flexibility index (Phi) is 1.14. The van der Waals surface area contributed by atoms with Crippen LogP contribution < -0.4 is 0 Å². The summed E-state index contributed by atoms with van der Waals surface area (Å²) >= 11 is 4.20. The van der Waals surface area contributed by atoms with Gasteiger partial charge in [-0.05, 0) is 11.6 Å². The summed E-state index contributed by atoms with van der Waals surface area (Å²) in [5.41, 5.74) is -3.03. The number of rotatable bonds is 0. The highest BCUT2D eigenvalue weighted by atomic mass is 35.5. The Morgan fingerprint density at radius 3 is 1.20 bits per heavy atom. The molecule has 0 aromatic carbocycles. The highest BCUT2D eigenvalue weighted by Gasteiger charge is 2.08. The molecular formula is CH3ClO3. The Bertz CT molecular complexity index is 22.4. The SMILES string of the molecule is OC(O)(O)Cl. The Hall–Kier alpha value is 0.170. The average molecular weight is 98.5 g/mol. The van der Waals surface area contributed by atoms with Crippen molar-refractivity contribution in [1.82, 2.24) is 0 Å². The van der Waals surface area contributed by atoms with E-state index in [1.807, 2.05) is 0 Å². The minimum atomic E-state index is -3.03. The number of hydrogen-bond acceptors (Lipinski definition) is 3. The molecule has 0 saturated carbocycles. The van der Waals surface area contributed by atoms with E-state index in [1.54, 1.807) is 0 Å². The van der Waals surface area contributed by atoms with Gasteiger partial charge in [0.2, 0.25) is 0 Å². The molecule has 0 radical (unpaired) electrons. The maximum atomic E-state index is 7.40. The third-order valence-corrected chi connectivity index (χ3v) is 0. The molecule has 0 saturated heterocycles. The van der Waals surface area contributed by atoms with Gasteiger partial charge in [-0.15, -0.1) is 0 Å². The van der Waals surface area contributed by atoms with Crippen molar-refractivity contribution in [2.45, 2.75) is 5.43 Å². The van der Waals surface area contributed by atoms with Gasteiger partial charge >= 0.3 is 5.43 Å². The highest BCUT2D eigenvalue weighted by molar-refractivity contribution is 6.20. The molecule has 0 amide bonds. The van der Waals surface area contributed by atoms with Crippen molar-refractivity contribution in [1.29, 1.82) is 0 Å². The first kappa shape index (κ1) is 5.17. The molecule has 32 valence electrons. The largest absolute Gasteiger partial charge is 0.362 e. The van der Waals surface area contributed by atoms with Crippen LogP contribution in [0.4, 0.5) is 0 Å². The second-order valence-electron chi connectivity index (χ2n) is 0.554. The van der Waals surface area contributed by atoms with Crippen LogP contribution in [0.5, 0.6) is 0 Å². The lowest BCUT2D eigenvalue weighted by Crippen LogP contribution is -2.16. The van der Waals surface area contributed by atoms with E-state index in [2.05, 4.69) is 11.6 Å². The van der Waals surface area contributed by atoms with Crippen molar-refractivity contribution in [3.8, 4) is 0 Å². The lowest BCUT2D eigenvalue weighted by molar-refractivity contribution is -0.242. The van der Waals surface area contributed by atoms with Gasteiger partial charge in [0.1, 0.15) is 0 Å². The molecule has 0 aromatic heterocycles. The average Bonchev–Trinajstić information content (AvgIpc) is 0.722. The molecule has 0 spiro atoms. The van der Waals surface area contributed by atoms with Crippen molar-refractivity contribution < 1.29 is 15.3 Å². The zero-order valence-electron chi connectivity index (χ0n) is 2.22. The summed E-state index contributed by atoms with van der Waals surface area (Å²) < 4.78 is 0. The summed E-state index contributed by atoms with van der Waals surface area (Å²) in [7, 11) is 0. The second kappa shape index (κ2) is 1.10. The summed E-state index contributed by atoms with van der Waals surface area (Å²) in [6.45, 7) is 0. The second-order valence-corrected chi connectivity index (χ2v) is 1.06. The Balaban J connectivity index is 3.02. The van der Waals surface area contributed by atoms with E-state index >= 15 is 0 Å². The predicted molar refractivity (Wildman–Crippen MR) is 15.2 cm³/mol. The first-order valence-electron chi connectivity index (χ1n) is 0.860. The van der Waals surface area contributed by atoms with Crippen LogP contribution in [-0.2, 0) is 0 Å². The summed E-state index contributed by atoms with van der Waals surface area (Å²) in [4.78, 5) is 0. The van der Waals surface area contributed by atoms with Gasteiger partial charge in [-0.1, -0.05) is 0 Å². The summed E-state index contributed by atoms with van der Waals surface area (Å²) in [6, 6.07) is 0. The molecule has 0 unspecified atom stereocenters. The van der Waals surface area contributed by atoms with E-state index in [1.165, 1.54) is 0 Å². The Morgan fingerprint density at radius 2 is 1.20 bits per heavy atom. The van der Waals surface area contributed by atoms with Crippen LogP contribution in [-0.4, -0.2) is 20.8 Å². The van der Waals surface area contributed by atoms with Crippen molar-refractivity contribution >= 4 is 11.6 Å². The number of hydrogen-bond donors (Lipinski definition) is 3. The monoisotopic (exact) mass is 98.0 g/mol. The van der Waals surface area contributed by atoms with Gasteiger partial charge in [0.15, 0.2) is 0 Å². The lowest BCUT2D eigenvalue weighted by Gasteiger charge is -1.97. The van der Waals surface area contributed by atoms with Gasteiger partial charge in [0, 0.05) is 0 Å². The molecule has 0 heterocycles. The number of alkyl halides is 1. The lowest BCUT2D eigenvalue weighted by atomic mass is 11.3. The minimum absolute atomic E-state index is 3.03. The fraction of sp³-hybridized carbons (Fsp3) is 1.00. The molecule has 0 aromatic rings. The first-order chi connectivity index (χ1) is 2.00. The predicted octanol–water partition coefficient (Wildman–Crippen LogP) is -1.19. The van der Waals surface area contributed by atoms with Crippen molar-refractivity contribution in [3.63, 3.8) is 0 Å². The van der Waals surface area contributed by atoms with Crippen molar-refractivity contribution in [3.05, 3.63) is 0 Å². The normalized spacial score (nSPS) is 12.0. The van der Waals surface area contributed by atoms with Gasteiger partial charge in [0.05, 0.1) is 0 Å². The molecule has 4 heteroatoms. The van der Waals surface area contributed by atoms with E-state index in [4.69, 9.17) is 15.3 Å². The van der Waals surface area contributed by atoms with E-state index < -0.39 is 5.43 Å². The molecule has 3 nitrogen and oxygen atoms in total. The fourth-order valence-corrected chi connectivity index (χ4v) is 0. The molecule has 0 fully saturated rings. The summed E-state index contributed by atoms with van der Waals surface area (Å²) in [5.74, 6) is 0.